The van der Waals surface area contributed by atoms with Gasteiger partial charge in [-0.25, -0.2) is 43.9 Å². The van der Waals surface area contributed by atoms with E-state index in [1.54, 1.807) is 0 Å². The second-order valence-corrected chi connectivity index (χ2v) is 4.44. The van der Waals surface area contributed by atoms with E-state index in [4.69, 9.17) is 5.64 Å². The fraction of sp³-hybridized carbons (Fsp3) is 0. The zero-order chi connectivity index (χ0) is 18.5. The second kappa shape index (κ2) is 6.00. The number of hydrogen-bond acceptors (Lipinski definition) is 1. The molecule has 0 fully saturated rings. The third-order valence-corrected chi connectivity index (χ3v) is 3.11. The molecule has 2 aromatic carbocycles. The Hall–Kier alpha value is -2.24. The summed E-state index contributed by atoms with van der Waals surface area (Å²) in [6.07, 6.45) is 0. The maximum absolute atomic E-state index is 13.6. The minimum atomic E-state index is -2.86. The van der Waals surface area contributed by atoms with E-state index in [1.807, 2.05) is 0 Å². The quantitative estimate of drug-likeness (QED) is 0.377. The van der Waals surface area contributed by atoms with Crippen LogP contribution in [0.15, 0.2) is 0 Å². The van der Waals surface area contributed by atoms with Gasteiger partial charge >= 0.3 is 0 Å². The maximum Gasteiger partial charge on any atom is 0.300 e. The lowest BCUT2D eigenvalue weighted by Crippen LogP contribution is -2.57. The molecule has 1 nitrogen and oxygen atoms in total. The predicted molar refractivity (Wildman–Crippen MR) is 61.7 cm³/mol. The molecule has 128 valence electrons. The van der Waals surface area contributed by atoms with Crippen molar-refractivity contribution < 1.29 is 43.9 Å². The third kappa shape index (κ3) is 2.41. The van der Waals surface area contributed by atoms with Gasteiger partial charge in [0.25, 0.3) is 6.85 Å². The Morgan fingerprint density at radius 2 is 0.542 bits per heavy atom. The smallest absolute Gasteiger partial charge is 0.300 e. The number of halogens is 10. The molecular weight excluding hydrogens is 359 g/mol. The van der Waals surface area contributed by atoms with E-state index >= 15 is 0 Å². The summed E-state index contributed by atoms with van der Waals surface area (Å²) in [5.74, 6) is -25.4. The van der Waals surface area contributed by atoms with E-state index < -0.39 is 75.9 Å². The van der Waals surface area contributed by atoms with Gasteiger partial charge in [-0.05, 0) is 0 Å². The number of hydrogen-bond donors (Lipinski definition) is 1. The summed E-state index contributed by atoms with van der Waals surface area (Å²) in [5, 5.41) is 0. The molecule has 0 aliphatic heterocycles. The lowest BCUT2D eigenvalue weighted by Gasteiger charge is -2.15. The molecule has 0 bridgehead atoms. The van der Waals surface area contributed by atoms with Crippen LogP contribution in [0.4, 0.5) is 43.9 Å². The van der Waals surface area contributed by atoms with Gasteiger partial charge in [-0.3, -0.25) is 0 Å². The Morgan fingerprint density at radius 3 is 0.750 bits per heavy atom. The van der Waals surface area contributed by atoms with Crippen LogP contribution in [0.2, 0.25) is 0 Å². The molecule has 2 aromatic rings. The lowest BCUT2D eigenvalue weighted by atomic mass is 9.51. The van der Waals surface area contributed by atoms with Crippen molar-refractivity contribution in [2.24, 2.45) is 5.64 Å². The Morgan fingerprint density at radius 1 is 0.375 bits per heavy atom. The van der Waals surface area contributed by atoms with E-state index in [0.717, 1.165) is 0 Å². The van der Waals surface area contributed by atoms with Crippen molar-refractivity contribution in [3.8, 4) is 0 Å². The topological polar surface area (TPSA) is 26.0 Å². The second-order valence-electron chi connectivity index (χ2n) is 4.44. The average molecular weight is 361 g/mol. The number of nitrogens with two attached hydrogens (primary N) is 1. The van der Waals surface area contributed by atoms with Crippen molar-refractivity contribution in [3.63, 3.8) is 0 Å². The SMILES string of the molecule is NB(c1c(F)c(F)c(F)c(F)c1F)c1c(F)c(F)c(F)c(F)c1F. The summed E-state index contributed by atoms with van der Waals surface area (Å²) in [7, 11) is 0. The monoisotopic (exact) mass is 361 g/mol. The van der Waals surface area contributed by atoms with Crippen molar-refractivity contribution in [2.75, 3.05) is 0 Å². The molecular formula is C12H2BF10N. The summed E-state index contributed by atoms with van der Waals surface area (Å²) >= 11 is 0. The number of rotatable bonds is 2. The highest BCUT2D eigenvalue weighted by Gasteiger charge is 2.37. The van der Waals surface area contributed by atoms with Gasteiger partial charge in [-0.15, -0.1) is 0 Å². The van der Waals surface area contributed by atoms with Gasteiger partial charge in [-0.1, -0.05) is 0 Å². The molecule has 0 aliphatic rings. The molecule has 0 aromatic heterocycles. The standard InChI is InChI=1S/C12H2BF10N/c14-3-1(4(15)8(19)11(22)7(3)18)13(24)2-5(16)9(20)12(23)10(21)6(2)17/h24H2. The minimum absolute atomic E-state index is 1.95. The Kier molecular flexibility index (Phi) is 4.53. The zero-order valence-electron chi connectivity index (χ0n) is 10.9. The first-order valence-corrected chi connectivity index (χ1v) is 5.80. The fourth-order valence-electron chi connectivity index (χ4n) is 1.93. The predicted octanol–water partition coefficient (Wildman–Crippen LogP) is 2.14. The van der Waals surface area contributed by atoms with Gasteiger partial charge in [-0.2, -0.15) is 0 Å². The van der Waals surface area contributed by atoms with Crippen molar-refractivity contribution in [3.05, 3.63) is 58.2 Å². The highest BCUT2D eigenvalue weighted by atomic mass is 19.2. The van der Waals surface area contributed by atoms with Gasteiger partial charge in [0.2, 0.25) is 0 Å². The van der Waals surface area contributed by atoms with Crippen LogP contribution in [0.3, 0.4) is 0 Å². The Bertz CT molecular complexity index is 725. The molecule has 0 saturated carbocycles. The lowest BCUT2D eigenvalue weighted by molar-refractivity contribution is 0.382. The molecule has 2 rings (SSSR count). The largest absolute Gasteiger partial charge is 0.361 e. The van der Waals surface area contributed by atoms with Crippen LogP contribution in [0, 0.1) is 58.2 Å². The molecule has 0 atom stereocenters. The van der Waals surface area contributed by atoms with Gasteiger partial charge in [0.15, 0.2) is 58.2 Å². The normalized spacial score (nSPS) is 11.1. The first kappa shape index (κ1) is 18.1. The zero-order valence-corrected chi connectivity index (χ0v) is 10.9. The van der Waals surface area contributed by atoms with Crippen molar-refractivity contribution >= 4 is 17.8 Å². The van der Waals surface area contributed by atoms with Gasteiger partial charge < -0.3 is 5.64 Å². The van der Waals surface area contributed by atoms with E-state index in [-0.39, 0.29) is 0 Å². The van der Waals surface area contributed by atoms with Crippen molar-refractivity contribution in [2.45, 2.75) is 0 Å². The summed E-state index contributed by atoms with van der Waals surface area (Å²) < 4.78 is 132. The molecule has 0 radical (unpaired) electrons. The molecule has 12 heteroatoms. The summed E-state index contributed by atoms with van der Waals surface area (Å²) in [4.78, 5) is 0. The first-order chi connectivity index (χ1) is 11.0. The average Bonchev–Trinajstić information content (AvgIpc) is 2.55. The fourth-order valence-corrected chi connectivity index (χ4v) is 1.93. The van der Waals surface area contributed by atoms with Gasteiger partial charge in [0, 0.05) is 10.9 Å². The van der Waals surface area contributed by atoms with Crippen LogP contribution in [0.25, 0.3) is 0 Å². The van der Waals surface area contributed by atoms with E-state index in [0.29, 0.717) is 0 Å². The van der Waals surface area contributed by atoms with Crippen LogP contribution in [-0.2, 0) is 0 Å². The first-order valence-electron chi connectivity index (χ1n) is 5.80. The van der Waals surface area contributed by atoms with Gasteiger partial charge in [0.05, 0.1) is 0 Å². The number of benzene rings is 2. The van der Waals surface area contributed by atoms with Crippen LogP contribution < -0.4 is 16.6 Å². The van der Waals surface area contributed by atoms with Crippen LogP contribution >= 0.6 is 0 Å². The third-order valence-electron chi connectivity index (χ3n) is 3.11. The highest BCUT2D eigenvalue weighted by Crippen LogP contribution is 2.19. The van der Waals surface area contributed by atoms with E-state index in [2.05, 4.69) is 0 Å². The molecule has 0 unspecified atom stereocenters. The van der Waals surface area contributed by atoms with Crippen molar-refractivity contribution in [1.29, 1.82) is 0 Å². The van der Waals surface area contributed by atoms with Gasteiger partial charge in [0.1, 0.15) is 0 Å². The minimum Gasteiger partial charge on any atom is -0.361 e. The molecule has 2 N–H and O–H groups in total. The van der Waals surface area contributed by atoms with Crippen LogP contribution in [0.1, 0.15) is 0 Å². The molecule has 0 heterocycles. The summed E-state index contributed by atoms with van der Waals surface area (Å²) in [5.41, 5.74) is 1.12. The summed E-state index contributed by atoms with van der Waals surface area (Å²) in [6, 6.07) is 0. The Labute approximate surface area is 126 Å². The molecule has 0 amide bonds. The molecule has 0 spiro atoms. The Balaban J connectivity index is 2.84. The summed E-state index contributed by atoms with van der Waals surface area (Å²) in [6.45, 7) is -2.86. The van der Waals surface area contributed by atoms with Crippen LogP contribution in [0.5, 0.6) is 0 Å². The maximum atomic E-state index is 13.6. The highest BCUT2D eigenvalue weighted by molar-refractivity contribution is 6.82. The van der Waals surface area contributed by atoms with E-state index in [1.165, 1.54) is 0 Å². The van der Waals surface area contributed by atoms with Crippen LogP contribution in [-0.4, -0.2) is 6.85 Å². The van der Waals surface area contributed by atoms with Crippen molar-refractivity contribution in [1.82, 2.24) is 0 Å². The van der Waals surface area contributed by atoms with E-state index in [9.17, 15) is 43.9 Å². The molecule has 24 heavy (non-hydrogen) atoms. The molecule has 0 saturated heterocycles. The molecule has 0 aliphatic carbocycles.